The average molecular weight is 1100 g/mol. The van der Waals surface area contributed by atoms with Crippen molar-refractivity contribution in [2.75, 3.05) is 0 Å². The second-order valence-corrected chi connectivity index (χ2v) is 21.2. The number of rotatable bonds is 16. The van der Waals surface area contributed by atoms with Crippen LogP contribution in [0.2, 0.25) is 0 Å². The Hall–Kier alpha value is -9.42. The summed E-state index contributed by atoms with van der Waals surface area (Å²) in [5, 5.41) is 0. The Balaban J connectivity index is 0.000000236. The van der Waals surface area contributed by atoms with E-state index >= 15 is 0 Å². The Kier molecular flexibility index (Phi) is 18.6. The predicted molar refractivity (Wildman–Crippen MR) is 319 cm³/mol. The van der Waals surface area contributed by atoms with Crippen molar-refractivity contribution in [1.29, 1.82) is 0 Å². The first-order valence-corrected chi connectivity index (χ1v) is 26.7. The van der Waals surface area contributed by atoms with E-state index in [-0.39, 0.29) is 69.4 Å². The maximum atomic E-state index is 12.5. The molecule has 0 saturated heterocycles. The molecular weight excluding hydrogens is 1030 g/mol. The van der Waals surface area contributed by atoms with Gasteiger partial charge in [-0.15, -0.1) is 0 Å². The zero-order valence-corrected chi connectivity index (χ0v) is 48.4. The number of esters is 6. The lowest BCUT2D eigenvalue weighted by molar-refractivity contribution is -0.145. The first-order chi connectivity index (χ1) is 38.7. The zero-order valence-electron chi connectivity index (χ0n) is 48.4. The van der Waals surface area contributed by atoms with Crippen LogP contribution in [0.4, 0.5) is 0 Å². The van der Waals surface area contributed by atoms with Crippen molar-refractivity contribution < 1.29 is 57.2 Å². The maximum absolute atomic E-state index is 12.5. The monoisotopic (exact) mass is 1100 g/mol. The van der Waals surface area contributed by atoms with Crippen LogP contribution in [-0.2, 0) is 51.1 Å². The van der Waals surface area contributed by atoms with Gasteiger partial charge < -0.3 is 28.4 Å². The van der Waals surface area contributed by atoms with Crippen molar-refractivity contribution in [2.24, 2.45) is 0 Å². The highest BCUT2D eigenvalue weighted by molar-refractivity contribution is 5.93. The van der Waals surface area contributed by atoms with Gasteiger partial charge >= 0.3 is 35.8 Å². The third kappa shape index (κ3) is 14.1. The zero-order chi connectivity index (χ0) is 60.0. The molecule has 2 aliphatic rings. The summed E-state index contributed by atoms with van der Waals surface area (Å²) in [7, 11) is 0. The Morgan fingerprint density at radius 1 is 0.354 bits per heavy atom. The van der Waals surface area contributed by atoms with Gasteiger partial charge in [-0.3, -0.25) is 0 Å². The summed E-state index contributed by atoms with van der Waals surface area (Å²) in [5.41, 5.74) is 17.5. The molecule has 8 rings (SSSR count). The molecule has 2 atom stereocenters. The molecule has 0 N–H and O–H groups in total. The molecule has 0 fully saturated rings. The summed E-state index contributed by atoms with van der Waals surface area (Å²) >= 11 is 0. The second kappa shape index (κ2) is 25.4. The maximum Gasteiger partial charge on any atom is 0.338 e. The largest absolute Gasteiger partial charge is 0.454 e. The molecule has 0 radical (unpaired) electrons. The van der Waals surface area contributed by atoms with E-state index in [2.05, 4.69) is 88.0 Å². The third-order valence-corrected chi connectivity index (χ3v) is 14.0. The van der Waals surface area contributed by atoms with Crippen LogP contribution in [0, 0.1) is 27.7 Å². The number of carbonyl (C=O) groups is 6. The van der Waals surface area contributed by atoms with Crippen LogP contribution in [0.25, 0.3) is 44.5 Å². The SMILES string of the molecule is C=C(C)C(=O)Oc1cc(OC(=O)C(=C)C)cc(-c2cc(C)c(-c3ccc4c(c3)CCC4OC(=O)C(=C)C)cc2C)c1.C=C(C)C(=O)Oc1ccc(-c2cc(C)c(-c3ccc4c(c3)C(OC(=O)C(=C)C)CC4)cc2C)c(OC(=O)C(=C)C)c1. The van der Waals surface area contributed by atoms with E-state index in [1.165, 1.54) is 23.3 Å². The van der Waals surface area contributed by atoms with Gasteiger partial charge in [0, 0.05) is 51.1 Å². The molecule has 6 aromatic rings. The molecule has 82 heavy (non-hydrogen) atoms. The molecule has 12 nitrogen and oxygen atoms in total. The lowest BCUT2D eigenvalue weighted by atomic mass is 9.90. The van der Waals surface area contributed by atoms with E-state index < -0.39 is 23.9 Å². The summed E-state index contributed by atoms with van der Waals surface area (Å²) in [5.74, 6) is -2.09. The summed E-state index contributed by atoms with van der Waals surface area (Å²) < 4.78 is 33.3. The minimum absolute atomic E-state index is 0.234. The average Bonchev–Trinajstić information content (AvgIpc) is 4.02. The van der Waals surface area contributed by atoms with Crippen LogP contribution in [0.1, 0.15) is 111 Å². The third-order valence-electron chi connectivity index (χ3n) is 14.0. The van der Waals surface area contributed by atoms with E-state index in [4.69, 9.17) is 28.4 Å². The van der Waals surface area contributed by atoms with Crippen LogP contribution >= 0.6 is 0 Å². The molecule has 0 aliphatic heterocycles. The van der Waals surface area contributed by atoms with Gasteiger partial charge in [-0.1, -0.05) is 94.1 Å². The minimum atomic E-state index is -0.583. The molecule has 0 aromatic heterocycles. The number of fused-ring (bicyclic) bond motifs is 2. The first-order valence-electron chi connectivity index (χ1n) is 26.7. The summed E-state index contributed by atoms with van der Waals surface area (Å²) in [6, 6.07) is 30.8. The number of ether oxygens (including phenoxy) is 6. The standard InChI is InChI=1S/2C35H34O6/c1-19(2)33(36)39-27-16-26(17-28(18-27)40-34(37)20(3)4)31-14-22(7)30(13-23(31)8)25-9-11-29-24(15-25)10-12-32(29)41-35(38)21(5)6;1-19(2)33(36)39-26-12-13-27(32(18-26)41-35(38)21(5)6)29-16-22(7)28(15-23(29)8)25-10-9-24-11-14-31(30(24)17-25)40-34(37)20(3)4/h9,11,13-18,32H,1,3,5,10,12H2,2,4,6-8H3;9-10,12-13,15-18,31H,1,3,5,11,14H2,2,4,6-8H3. The number of hydrogen-bond acceptors (Lipinski definition) is 12. The predicted octanol–water partition coefficient (Wildman–Crippen LogP) is 15.4. The highest BCUT2D eigenvalue weighted by Gasteiger charge is 2.29. The molecule has 0 heterocycles. The molecule has 2 aliphatic carbocycles. The summed E-state index contributed by atoms with van der Waals surface area (Å²) in [4.78, 5) is 73.3. The van der Waals surface area contributed by atoms with Gasteiger partial charge in [0.05, 0.1) is 0 Å². The molecular formula is C70H68O12. The van der Waals surface area contributed by atoms with Gasteiger partial charge in [-0.2, -0.15) is 0 Å². The van der Waals surface area contributed by atoms with Crippen LogP contribution in [0.5, 0.6) is 23.0 Å². The normalized spacial score (nSPS) is 13.6. The fourth-order valence-electron chi connectivity index (χ4n) is 9.53. The van der Waals surface area contributed by atoms with Gasteiger partial charge in [0.1, 0.15) is 35.2 Å². The summed E-state index contributed by atoms with van der Waals surface area (Å²) in [6.45, 7) is 39.5. The van der Waals surface area contributed by atoms with Gasteiger partial charge in [-0.05, 0) is 209 Å². The van der Waals surface area contributed by atoms with Gasteiger partial charge in [0.2, 0.25) is 0 Å². The van der Waals surface area contributed by atoms with E-state index in [0.29, 0.717) is 16.7 Å². The number of carbonyl (C=O) groups excluding carboxylic acids is 6. The van der Waals surface area contributed by atoms with Crippen LogP contribution in [0.3, 0.4) is 0 Å². The molecule has 0 saturated carbocycles. The minimum Gasteiger partial charge on any atom is -0.454 e. The second-order valence-electron chi connectivity index (χ2n) is 21.2. The van der Waals surface area contributed by atoms with Crippen molar-refractivity contribution in [3.8, 4) is 67.5 Å². The highest BCUT2D eigenvalue weighted by Crippen LogP contribution is 2.43. The van der Waals surface area contributed by atoms with Crippen LogP contribution < -0.4 is 18.9 Å². The molecule has 12 heteroatoms. The Morgan fingerprint density at radius 3 is 1.26 bits per heavy atom. The molecule has 420 valence electrons. The van der Waals surface area contributed by atoms with Crippen molar-refractivity contribution in [3.05, 3.63) is 214 Å². The topological polar surface area (TPSA) is 158 Å². The van der Waals surface area contributed by atoms with Crippen molar-refractivity contribution in [2.45, 2.75) is 107 Å². The molecule has 6 aromatic carbocycles. The molecule has 0 bridgehead atoms. The van der Waals surface area contributed by atoms with E-state index in [1.54, 1.807) is 65.8 Å². The Bertz CT molecular complexity index is 3690. The van der Waals surface area contributed by atoms with E-state index in [0.717, 1.165) is 98.0 Å². The van der Waals surface area contributed by atoms with E-state index in [1.807, 2.05) is 39.8 Å². The van der Waals surface area contributed by atoms with Crippen molar-refractivity contribution >= 4 is 35.8 Å². The van der Waals surface area contributed by atoms with Gasteiger partial charge in [-0.25, -0.2) is 28.8 Å². The Labute approximate surface area is 480 Å². The highest BCUT2D eigenvalue weighted by atomic mass is 16.6. The molecule has 0 amide bonds. The van der Waals surface area contributed by atoms with Crippen LogP contribution in [-0.4, -0.2) is 35.8 Å². The first kappa shape index (κ1) is 60.2. The number of aryl methyl sites for hydroxylation is 6. The lowest BCUT2D eigenvalue weighted by Gasteiger charge is -2.18. The van der Waals surface area contributed by atoms with Crippen LogP contribution in [0.15, 0.2) is 170 Å². The van der Waals surface area contributed by atoms with Gasteiger partial charge in [0.15, 0.2) is 0 Å². The quantitative estimate of drug-likeness (QED) is 0.0514. The van der Waals surface area contributed by atoms with Gasteiger partial charge in [0.25, 0.3) is 0 Å². The molecule has 2 unspecified atom stereocenters. The Morgan fingerprint density at radius 2 is 0.756 bits per heavy atom. The number of hydrogen-bond donors (Lipinski definition) is 0. The number of benzene rings is 6. The van der Waals surface area contributed by atoms with E-state index in [9.17, 15) is 28.8 Å². The lowest BCUT2D eigenvalue weighted by Crippen LogP contribution is -2.11. The summed E-state index contributed by atoms with van der Waals surface area (Å²) in [6.07, 6.45) is 2.63. The smallest absolute Gasteiger partial charge is 0.338 e. The molecule has 0 spiro atoms. The fourth-order valence-corrected chi connectivity index (χ4v) is 9.53. The fraction of sp³-hybridized carbons (Fsp3) is 0.229. The van der Waals surface area contributed by atoms with Crippen molar-refractivity contribution in [1.82, 2.24) is 0 Å². The van der Waals surface area contributed by atoms with Crippen molar-refractivity contribution in [3.63, 3.8) is 0 Å².